The van der Waals surface area contributed by atoms with Crippen LogP contribution in [0.2, 0.25) is 5.02 Å². The number of carbonyl (C=O) groups excluding carboxylic acids is 1. The fourth-order valence-electron chi connectivity index (χ4n) is 2.22. The minimum absolute atomic E-state index is 0.0144. The molecule has 0 unspecified atom stereocenters. The number of rotatable bonds is 7. The number of aryl methyl sites for hydroxylation is 1. The minimum Gasteiger partial charge on any atom is -0.484 e. The SMILES string of the molecule is Cc1cc(Cl)ccc1OCC(=O)NCC(C)(C)CN(C)C. The molecule has 0 fully saturated rings. The highest BCUT2D eigenvalue weighted by molar-refractivity contribution is 6.30. The molecule has 1 amide bonds. The van der Waals surface area contributed by atoms with E-state index >= 15 is 0 Å². The topological polar surface area (TPSA) is 41.6 Å². The molecule has 0 heterocycles. The molecule has 1 N–H and O–H groups in total. The van der Waals surface area contributed by atoms with Crippen LogP contribution in [0, 0.1) is 12.3 Å². The van der Waals surface area contributed by atoms with Gasteiger partial charge < -0.3 is 15.0 Å². The molecule has 0 radical (unpaired) electrons. The fraction of sp³-hybridized carbons (Fsp3) is 0.562. The van der Waals surface area contributed by atoms with Gasteiger partial charge in [-0.2, -0.15) is 0 Å². The van der Waals surface area contributed by atoms with Gasteiger partial charge in [-0.25, -0.2) is 0 Å². The highest BCUT2D eigenvalue weighted by Crippen LogP contribution is 2.21. The first-order valence-corrected chi connectivity index (χ1v) is 7.38. The van der Waals surface area contributed by atoms with E-state index in [1.165, 1.54) is 0 Å². The summed E-state index contributed by atoms with van der Waals surface area (Å²) in [5.41, 5.74) is 0.943. The molecule has 0 aliphatic carbocycles. The number of ether oxygens (including phenoxy) is 1. The molecule has 0 spiro atoms. The number of carbonyl (C=O) groups is 1. The summed E-state index contributed by atoms with van der Waals surface area (Å²) < 4.78 is 5.52. The summed E-state index contributed by atoms with van der Waals surface area (Å²) in [5.74, 6) is 0.568. The van der Waals surface area contributed by atoms with Crippen LogP contribution in [0.4, 0.5) is 0 Å². The second kappa shape index (κ2) is 7.66. The molecule has 4 nitrogen and oxygen atoms in total. The van der Waals surface area contributed by atoms with Crippen molar-refractivity contribution in [2.75, 3.05) is 33.8 Å². The first kappa shape index (κ1) is 17.8. The van der Waals surface area contributed by atoms with Crippen LogP contribution in [0.25, 0.3) is 0 Å². The molecule has 1 rings (SSSR count). The Bertz CT molecular complexity index is 487. The summed E-state index contributed by atoms with van der Waals surface area (Å²) in [4.78, 5) is 14.0. The van der Waals surface area contributed by atoms with Gasteiger partial charge in [-0.15, -0.1) is 0 Å². The van der Waals surface area contributed by atoms with E-state index in [2.05, 4.69) is 24.1 Å². The zero-order chi connectivity index (χ0) is 16.0. The van der Waals surface area contributed by atoms with Crippen molar-refractivity contribution in [3.8, 4) is 5.75 Å². The van der Waals surface area contributed by atoms with Gasteiger partial charge >= 0.3 is 0 Å². The molecular weight excluding hydrogens is 288 g/mol. The molecule has 0 atom stereocenters. The van der Waals surface area contributed by atoms with Crippen molar-refractivity contribution in [2.24, 2.45) is 5.41 Å². The van der Waals surface area contributed by atoms with Crippen molar-refractivity contribution >= 4 is 17.5 Å². The zero-order valence-corrected chi connectivity index (χ0v) is 14.3. The Kier molecular flexibility index (Phi) is 6.49. The average Bonchev–Trinajstić information content (AvgIpc) is 2.34. The lowest BCUT2D eigenvalue weighted by Gasteiger charge is -2.28. The predicted octanol–water partition coefficient (Wildman–Crippen LogP) is 2.73. The van der Waals surface area contributed by atoms with Crippen molar-refractivity contribution in [1.82, 2.24) is 10.2 Å². The lowest BCUT2D eigenvalue weighted by molar-refractivity contribution is -0.123. The Morgan fingerprint density at radius 3 is 2.62 bits per heavy atom. The van der Waals surface area contributed by atoms with Gasteiger partial charge in [0.1, 0.15) is 5.75 Å². The summed E-state index contributed by atoms with van der Waals surface area (Å²) in [6, 6.07) is 5.35. The van der Waals surface area contributed by atoms with Gasteiger partial charge in [0.2, 0.25) is 0 Å². The Hall–Kier alpha value is -1.26. The number of amides is 1. The Balaban J connectivity index is 2.41. The fourth-order valence-corrected chi connectivity index (χ4v) is 2.45. The summed E-state index contributed by atoms with van der Waals surface area (Å²) in [6.07, 6.45) is 0. The van der Waals surface area contributed by atoms with Crippen molar-refractivity contribution in [2.45, 2.75) is 20.8 Å². The largest absolute Gasteiger partial charge is 0.484 e. The number of halogens is 1. The molecule has 0 saturated heterocycles. The van der Waals surface area contributed by atoms with Crippen LogP contribution in [0.5, 0.6) is 5.75 Å². The molecule has 0 bridgehead atoms. The number of benzene rings is 1. The third-order valence-electron chi connectivity index (χ3n) is 3.00. The maximum atomic E-state index is 11.9. The number of hydrogen-bond acceptors (Lipinski definition) is 3. The number of nitrogens with one attached hydrogen (secondary N) is 1. The molecule has 1 aromatic rings. The number of nitrogens with zero attached hydrogens (tertiary/aromatic N) is 1. The van der Waals surface area contributed by atoms with Crippen LogP contribution in [-0.4, -0.2) is 44.6 Å². The van der Waals surface area contributed by atoms with E-state index in [0.717, 1.165) is 12.1 Å². The van der Waals surface area contributed by atoms with Gasteiger partial charge in [-0.05, 0) is 50.2 Å². The van der Waals surface area contributed by atoms with Crippen LogP contribution in [-0.2, 0) is 4.79 Å². The van der Waals surface area contributed by atoms with Crippen molar-refractivity contribution in [1.29, 1.82) is 0 Å². The van der Waals surface area contributed by atoms with E-state index in [-0.39, 0.29) is 17.9 Å². The normalized spacial score (nSPS) is 11.6. The average molecular weight is 313 g/mol. The summed E-state index contributed by atoms with van der Waals surface area (Å²) >= 11 is 5.88. The molecular formula is C16H25ClN2O2. The summed E-state index contributed by atoms with van der Waals surface area (Å²) in [7, 11) is 4.05. The quantitative estimate of drug-likeness (QED) is 0.841. The van der Waals surface area contributed by atoms with Gasteiger partial charge in [0.15, 0.2) is 6.61 Å². The lowest BCUT2D eigenvalue weighted by Crippen LogP contribution is -2.41. The van der Waals surface area contributed by atoms with Crippen molar-refractivity contribution in [3.05, 3.63) is 28.8 Å². The second-order valence-corrected chi connectivity index (χ2v) is 6.81. The minimum atomic E-state index is -0.115. The molecule has 0 aliphatic rings. The molecule has 0 saturated carbocycles. The van der Waals surface area contributed by atoms with Crippen molar-refractivity contribution < 1.29 is 9.53 Å². The second-order valence-electron chi connectivity index (χ2n) is 6.38. The number of hydrogen-bond donors (Lipinski definition) is 1. The standard InChI is InChI=1S/C16H25ClN2O2/c1-12-8-13(17)6-7-14(12)21-9-15(20)18-10-16(2,3)11-19(4)5/h6-8H,9-11H2,1-5H3,(H,18,20). The van der Waals surface area contributed by atoms with E-state index in [0.29, 0.717) is 17.3 Å². The maximum absolute atomic E-state index is 11.9. The van der Waals surface area contributed by atoms with E-state index in [1.807, 2.05) is 27.1 Å². The molecule has 21 heavy (non-hydrogen) atoms. The van der Waals surface area contributed by atoms with E-state index in [9.17, 15) is 4.79 Å². The van der Waals surface area contributed by atoms with E-state index in [1.54, 1.807) is 12.1 Å². The smallest absolute Gasteiger partial charge is 0.257 e. The molecule has 1 aromatic carbocycles. The van der Waals surface area contributed by atoms with Crippen LogP contribution in [0.1, 0.15) is 19.4 Å². The van der Waals surface area contributed by atoms with Crippen LogP contribution in [0.3, 0.4) is 0 Å². The van der Waals surface area contributed by atoms with Crippen LogP contribution in [0.15, 0.2) is 18.2 Å². The van der Waals surface area contributed by atoms with E-state index < -0.39 is 0 Å². The van der Waals surface area contributed by atoms with Crippen molar-refractivity contribution in [3.63, 3.8) is 0 Å². The Morgan fingerprint density at radius 2 is 2.05 bits per heavy atom. The zero-order valence-electron chi connectivity index (χ0n) is 13.5. The van der Waals surface area contributed by atoms with E-state index in [4.69, 9.17) is 16.3 Å². The molecule has 0 aromatic heterocycles. The first-order valence-electron chi connectivity index (χ1n) is 7.00. The summed E-state index contributed by atoms with van der Waals surface area (Å²) in [6.45, 7) is 7.69. The Labute approximate surface area is 132 Å². The maximum Gasteiger partial charge on any atom is 0.257 e. The third-order valence-corrected chi connectivity index (χ3v) is 3.24. The Morgan fingerprint density at radius 1 is 1.38 bits per heavy atom. The monoisotopic (exact) mass is 312 g/mol. The van der Waals surface area contributed by atoms with Crippen LogP contribution >= 0.6 is 11.6 Å². The van der Waals surface area contributed by atoms with Gasteiger partial charge in [0.25, 0.3) is 5.91 Å². The highest BCUT2D eigenvalue weighted by atomic mass is 35.5. The van der Waals surface area contributed by atoms with Gasteiger partial charge in [-0.1, -0.05) is 25.4 Å². The lowest BCUT2D eigenvalue weighted by atomic mass is 9.93. The summed E-state index contributed by atoms with van der Waals surface area (Å²) in [5, 5.41) is 3.57. The van der Waals surface area contributed by atoms with Gasteiger partial charge in [-0.3, -0.25) is 4.79 Å². The highest BCUT2D eigenvalue weighted by Gasteiger charge is 2.19. The van der Waals surface area contributed by atoms with Gasteiger partial charge in [0, 0.05) is 18.1 Å². The molecule has 5 heteroatoms. The first-order chi connectivity index (χ1) is 9.69. The molecule has 118 valence electrons. The third kappa shape index (κ3) is 6.82. The van der Waals surface area contributed by atoms with Crippen LogP contribution < -0.4 is 10.1 Å². The molecule has 0 aliphatic heterocycles. The van der Waals surface area contributed by atoms with Gasteiger partial charge in [0.05, 0.1) is 0 Å². The predicted molar refractivity (Wildman–Crippen MR) is 87.0 cm³/mol.